The maximum Gasteiger partial charge on any atom is 0.319 e. The second-order valence-corrected chi connectivity index (χ2v) is 8.20. The van der Waals surface area contributed by atoms with Gasteiger partial charge in [0.1, 0.15) is 0 Å². The van der Waals surface area contributed by atoms with E-state index in [9.17, 15) is 9.59 Å². The highest BCUT2D eigenvalue weighted by Gasteiger charge is 2.24. The maximum absolute atomic E-state index is 12.8. The molecular formula is C25H33N3O4. The molecule has 32 heavy (non-hydrogen) atoms. The van der Waals surface area contributed by atoms with Gasteiger partial charge >= 0.3 is 6.03 Å². The third-order valence-corrected chi connectivity index (χ3v) is 5.83. The van der Waals surface area contributed by atoms with Crippen molar-refractivity contribution in [1.29, 1.82) is 0 Å². The Hall–Kier alpha value is -3.22. The summed E-state index contributed by atoms with van der Waals surface area (Å²) in [5, 5.41) is 5.79. The molecule has 0 saturated carbocycles. The topological polar surface area (TPSA) is 79.9 Å². The molecule has 0 aliphatic carbocycles. The highest BCUT2D eigenvalue weighted by Crippen LogP contribution is 2.31. The number of benzene rings is 2. The van der Waals surface area contributed by atoms with Crippen molar-refractivity contribution in [3.63, 3.8) is 0 Å². The highest BCUT2D eigenvalue weighted by atomic mass is 16.5. The van der Waals surface area contributed by atoms with Gasteiger partial charge < -0.3 is 25.0 Å². The van der Waals surface area contributed by atoms with Gasteiger partial charge in [0.05, 0.1) is 14.2 Å². The molecule has 7 heteroatoms. The molecule has 7 nitrogen and oxygen atoms in total. The van der Waals surface area contributed by atoms with E-state index >= 15 is 0 Å². The Morgan fingerprint density at radius 2 is 1.88 bits per heavy atom. The zero-order valence-electron chi connectivity index (χ0n) is 19.1. The van der Waals surface area contributed by atoms with Gasteiger partial charge in [-0.05, 0) is 55.9 Å². The van der Waals surface area contributed by atoms with Crippen molar-refractivity contribution in [1.82, 2.24) is 10.2 Å². The lowest BCUT2D eigenvalue weighted by molar-refractivity contribution is -0.132. The first kappa shape index (κ1) is 23.4. The Morgan fingerprint density at radius 1 is 1.09 bits per heavy atom. The molecule has 1 fully saturated rings. The lowest BCUT2D eigenvalue weighted by Gasteiger charge is -2.33. The third-order valence-electron chi connectivity index (χ3n) is 5.83. The number of amides is 3. The first-order valence-electron chi connectivity index (χ1n) is 11.1. The smallest absolute Gasteiger partial charge is 0.319 e. The second-order valence-electron chi connectivity index (χ2n) is 8.20. The summed E-state index contributed by atoms with van der Waals surface area (Å²) >= 11 is 0. The number of anilines is 1. The van der Waals surface area contributed by atoms with Gasteiger partial charge in [0.2, 0.25) is 5.91 Å². The number of rotatable bonds is 8. The van der Waals surface area contributed by atoms with Crippen LogP contribution in [0.5, 0.6) is 11.5 Å². The molecule has 2 N–H and O–H groups in total. The molecule has 1 unspecified atom stereocenters. The van der Waals surface area contributed by atoms with Crippen LogP contribution in [0.2, 0.25) is 0 Å². The molecular weight excluding hydrogens is 406 g/mol. The van der Waals surface area contributed by atoms with Gasteiger partial charge in [-0.3, -0.25) is 4.79 Å². The van der Waals surface area contributed by atoms with Crippen molar-refractivity contribution in [2.75, 3.05) is 39.2 Å². The van der Waals surface area contributed by atoms with Crippen LogP contribution in [0.4, 0.5) is 10.5 Å². The summed E-state index contributed by atoms with van der Waals surface area (Å²) in [6.45, 7) is 3.98. The summed E-state index contributed by atoms with van der Waals surface area (Å²) < 4.78 is 10.8. The number of nitrogens with zero attached hydrogens (tertiary/aromatic N) is 1. The molecule has 3 amide bonds. The lowest BCUT2D eigenvalue weighted by atomic mass is 9.97. The molecule has 2 aromatic rings. The van der Waals surface area contributed by atoms with Gasteiger partial charge in [0.25, 0.3) is 0 Å². The summed E-state index contributed by atoms with van der Waals surface area (Å²) in [5.41, 5.74) is 2.87. The molecule has 1 heterocycles. The Bertz CT molecular complexity index is 914. The fraction of sp³-hybridized carbons (Fsp3) is 0.440. The Labute approximate surface area is 190 Å². The number of hydrogen-bond donors (Lipinski definition) is 2. The molecule has 0 radical (unpaired) electrons. The van der Waals surface area contributed by atoms with E-state index in [4.69, 9.17) is 9.47 Å². The molecule has 0 aromatic heterocycles. The summed E-state index contributed by atoms with van der Waals surface area (Å²) in [6, 6.07) is 13.2. The van der Waals surface area contributed by atoms with Crippen molar-refractivity contribution in [2.24, 2.45) is 5.92 Å². The van der Waals surface area contributed by atoms with Crippen molar-refractivity contribution < 1.29 is 19.1 Å². The molecule has 172 valence electrons. The third kappa shape index (κ3) is 6.39. The lowest BCUT2D eigenvalue weighted by Crippen LogP contribution is -2.44. The SMILES string of the molecule is COc1cccc(CCC(=O)N2CCCC(CNC(=O)Nc3ccc(C)cc3)C2)c1OC. The molecule has 1 aliphatic rings. The molecule has 1 saturated heterocycles. The van der Waals surface area contributed by atoms with Crippen molar-refractivity contribution in [3.8, 4) is 11.5 Å². The summed E-state index contributed by atoms with van der Waals surface area (Å²) in [6.07, 6.45) is 2.95. The molecule has 1 aliphatic heterocycles. The number of carbonyl (C=O) groups excluding carboxylic acids is 2. The average Bonchev–Trinajstić information content (AvgIpc) is 2.82. The summed E-state index contributed by atoms with van der Waals surface area (Å²) in [4.78, 5) is 27.0. The van der Waals surface area contributed by atoms with Crippen LogP contribution in [0.3, 0.4) is 0 Å². The van der Waals surface area contributed by atoms with Gasteiger partial charge in [0.15, 0.2) is 11.5 Å². The fourth-order valence-corrected chi connectivity index (χ4v) is 4.06. The van der Waals surface area contributed by atoms with E-state index in [0.717, 1.165) is 36.2 Å². The average molecular weight is 440 g/mol. The number of ether oxygens (including phenoxy) is 2. The van der Waals surface area contributed by atoms with Gasteiger partial charge in [-0.25, -0.2) is 4.79 Å². The van der Waals surface area contributed by atoms with Gasteiger partial charge in [-0.2, -0.15) is 0 Å². The molecule has 1 atom stereocenters. The normalized spacial score (nSPS) is 15.7. The Morgan fingerprint density at radius 3 is 2.59 bits per heavy atom. The van der Waals surface area contributed by atoms with Crippen LogP contribution in [0, 0.1) is 12.8 Å². The minimum Gasteiger partial charge on any atom is -0.493 e. The van der Waals surface area contributed by atoms with E-state index in [1.54, 1.807) is 14.2 Å². The molecule has 0 bridgehead atoms. The quantitative estimate of drug-likeness (QED) is 0.651. The Kier molecular flexibility index (Phi) is 8.36. The fourth-order valence-electron chi connectivity index (χ4n) is 4.06. The van der Waals surface area contributed by atoms with Crippen LogP contribution in [0.1, 0.15) is 30.4 Å². The number of urea groups is 1. The number of nitrogens with one attached hydrogen (secondary N) is 2. The molecule has 3 rings (SSSR count). The summed E-state index contributed by atoms with van der Waals surface area (Å²) in [5.74, 6) is 1.74. The van der Waals surface area contributed by atoms with E-state index in [-0.39, 0.29) is 17.9 Å². The van der Waals surface area contributed by atoms with Crippen LogP contribution in [-0.2, 0) is 11.2 Å². The number of piperidine rings is 1. The number of carbonyl (C=O) groups is 2. The van der Waals surface area contributed by atoms with Crippen LogP contribution in [0.25, 0.3) is 0 Å². The van der Waals surface area contributed by atoms with Crippen molar-refractivity contribution >= 4 is 17.6 Å². The zero-order chi connectivity index (χ0) is 22.9. The van der Waals surface area contributed by atoms with Crippen molar-refractivity contribution in [3.05, 3.63) is 53.6 Å². The number of para-hydroxylation sites is 1. The van der Waals surface area contributed by atoms with E-state index in [0.29, 0.717) is 37.4 Å². The minimum absolute atomic E-state index is 0.128. The number of hydrogen-bond acceptors (Lipinski definition) is 4. The van der Waals surface area contributed by atoms with Gasteiger partial charge in [0, 0.05) is 31.7 Å². The second kappa shape index (κ2) is 11.4. The van der Waals surface area contributed by atoms with Crippen LogP contribution in [0.15, 0.2) is 42.5 Å². The maximum atomic E-state index is 12.8. The number of methoxy groups -OCH3 is 2. The van der Waals surface area contributed by atoms with Crippen LogP contribution < -0.4 is 20.1 Å². The van der Waals surface area contributed by atoms with E-state index in [1.165, 1.54) is 0 Å². The predicted molar refractivity (Wildman–Crippen MR) is 125 cm³/mol. The van der Waals surface area contributed by atoms with E-state index < -0.39 is 0 Å². The first-order valence-corrected chi connectivity index (χ1v) is 11.1. The largest absolute Gasteiger partial charge is 0.493 e. The molecule has 2 aromatic carbocycles. The van der Waals surface area contributed by atoms with E-state index in [1.807, 2.05) is 54.3 Å². The zero-order valence-corrected chi connectivity index (χ0v) is 19.1. The Balaban J connectivity index is 1.46. The van der Waals surface area contributed by atoms with Crippen LogP contribution >= 0.6 is 0 Å². The van der Waals surface area contributed by atoms with Gasteiger partial charge in [-0.15, -0.1) is 0 Å². The van der Waals surface area contributed by atoms with Crippen molar-refractivity contribution in [2.45, 2.75) is 32.6 Å². The van der Waals surface area contributed by atoms with Gasteiger partial charge in [-0.1, -0.05) is 29.8 Å². The first-order chi connectivity index (χ1) is 15.5. The number of likely N-dealkylation sites (tertiary alicyclic amines) is 1. The van der Waals surface area contributed by atoms with Crippen LogP contribution in [-0.4, -0.2) is 50.7 Å². The predicted octanol–water partition coefficient (Wildman–Crippen LogP) is 4.01. The standard InChI is InChI=1S/C25H33N3O4/c1-18-9-12-21(13-10-18)27-25(30)26-16-19-6-5-15-28(17-19)23(29)14-11-20-7-4-8-22(31-2)24(20)32-3/h4,7-10,12-13,19H,5-6,11,14-17H2,1-3H3,(H2,26,27,30). The highest BCUT2D eigenvalue weighted by molar-refractivity contribution is 5.89. The minimum atomic E-state index is -0.220. The molecule has 0 spiro atoms. The monoisotopic (exact) mass is 439 g/mol. The number of aryl methyl sites for hydroxylation is 2. The summed E-state index contributed by atoms with van der Waals surface area (Å²) in [7, 11) is 3.22. The van der Waals surface area contributed by atoms with E-state index in [2.05, 4.69) is 10.6 Å².